The van der Waals surface area contributed by atoms with E-state index in [1.54, 1.807) is 18.2 Å². The molecular weight excluding hydrogens is 379 g/mol. The Morgan fingerprint density at radius 3 is 2.65 bits per heavy atom. The third kappa shape index (κ3) is 4.02. The third-order valence-electron chi connectivity index (χ3n) is 4.56. The van der Waals surface area contributed by atoms with Crippen LogP contribution >= 0.6 is 23.2 Å². The molecule has 8 heteroatoms. The molecule has 1 amide bonds. The van der Waals surface area contributed by atoms with Gasteiger partial charge in [-0.1, -0.05) is 36.0 Å². The zero-order valence-electron chi connectivity index (χ0n) is 13.9. The third-order valence-corrected chi connectivity index (χ3v) is 5.11. The molecule has 0 atom stereocenters. The lowest BCUT2D eigenvalue weighted by atomic mass is 9.97. The number of carbonyl (C=O) groups excluding carboxylic acids is 1. The number of nitrogens with one attached hydrogen (secondary N) is 1. The Bertz CT molecular complexity index is 828. The molecule has 1 aliphatic rings. The maximum Gasteiger partial charge on any atom is 0.329 e. The lowest BCUT2D eigenvalue weighted by Gasteiger charge is -2.25. The van der Waals surface area contributed by atoms with Gasteiger partial charge in [0.15, 0.2) is 11.7 Å². The average molecular weight is 397 g/mol. The second kappa shape index (κ2) is 7.68. The first-order chi connectivity index (χ1) is 12.4. The highest BCUT2D eigenvalue weighted by molar-refractivity contribution is 6.36. The largest absolute Gasteiger partial charge is 0.480 e. The van der Waals surface area contributed by atoms with Crippen LogP contribution in [0.4, 0.5) is 0 Å². The number of carbonyl (C=O) groups is 2. The summed E-state index contributed by atoms with van der Waals surface area (Å²) >= 11 is 12.0. The number of halogens is 2. The Kier molecular flexibility index (Phi) is 5.53. The molecule has 0 aliphatic heterocycles. The summed E-state index contributed by atoms with van der Waals surface area (Å²) in [4.78, 5) is 27.8. The van der Waals surface area contributed by atoms with E-state index in [1.807, 2.05) is 0 Å². The number of nitrogens with zero attached hydrogens (tertiary/aromatic N) is 1. The number of hydrogen-bond acceptors (Lipinski definition) is 4. The number of hydrogen-bond donors (Lipinski definition) is 2. The molecule has 2 N–H and O–H groups in total. The van der Waals surface area contributed by atoms with Gasteiger partial charge in [-0.15, -0.1) is 0 Å². The normalized spacial score (nSPS) is 15.8. The Balaban J connectivity index is 1.61. The highest BCUT2D eigenvalue weighted by Crippen LogP contribution is 2.31. The molecule has 1 fully saturated rings. The summed E-state index contributed by atoms with van der Waals surface area (Å²) in [6, 6.07) is 5.05. The van der Waals surface area contributed by atoms with Crippen molar-refractivity contribution in [3.8, 4) is 11.3 Å². The fourth-order valence-electron chi connectivity index (χ4n) is 3.16. The maximum absolute atomic E-state index is 12.2. The molecule has 1 aromatic heterocycles. The van der Waals surface area contributed by atoms with E-state index in [-0.39, 0.29) is 18.7 Å². The van der Waals surface area contributed by atoms with Crippen molar-refractivity contribution in [1.29, 1.82) is 0 Å². The van der Waals surface area contributed by atoms with Crippen molar-refractivity contribution < 1.29 is 19.1 Å². The highest BCUT2D eigenvalue weighted by atomic mass is 35.5. The molecule has 2 aromatic rings. The van der Waals surface area contributed by atoms with E-state index in [4.69, 9.17) is 27.6 Å². The molecule has 0 bridgehead atoms. The second-order valence-electron chi connectivity index (χ2n) is 6.38. The summed E-state index contributed by atoms with van der Waals surface area (Å²) in [7, 11) is 0. The monoisotopic (exact) mass is 396 g/mol. The zero-order valence-corrected chi connectivity index (χ0v) is 15.4. The maximum atomic E-state index is 12.2. The fourth-order valence-corrected chi connectivity index (χ4v) is 3.66. The first-order valence-corrected chi connectivity index (χ1v) is 9.10. The molecular formula is C18H18Cl2N2O4. The van der Waals surface area contributed by atoms with Crippen molar-refractivity contribution in [3.63, 3.8) is 0 Å². The summed E-state index contributed by atoms with van der Waals surface area (Å²) in [6.45, 7) is 0. The quantitative estimate of drug-likeness (QED) is 0.766. The van der Waals surface area contributed by atoms with Gasteiger partial charge < -0.3 is 14.8 Å². The second-order valence-corrected chi connectivity index (χ2v) is 7.23. The van der Waals surface area contributed by atoms with Crippen LogP contribution in [0.5, 0.6) is 0 Å². The number of aryl methyl sites for hydroxylation is 1. The van der Waals surface area contributed by atoms with Gasteiger partial charge in [0.2, 0.25) is 5.91 Å². The molecule has 1 aromatic carbocycles. The summed E-state index contributed by atoms with van der Waals surface area (Å²) < 4.78 is 5.65. The Morgan fingerprint density at radius 2 is 2.00 bits per heavy atom. The number of amides is 1. The number of rotatable bonds is 6. The van der Waals surface area contributed by atoms with Gasteiger partial charge in [0.05, 0.1) is 11.2 Å². The molecule has 0 unspecified atom stereocenters. The number of benzene rings is 1. The topological polar surface area (TPSA) is 92.4 Å². The summed E-state index contributed by atoms with van der Waals surface area (Å²) in [6.07, 6.45) is 4.45. The lowest BCUT2D eigenvalue weighted by molar-refractivity contribution is -0.147. The number of carboxylic acid groups (broad SMARTS) is 1. The highest BCUT2D eigenvalue weighted by Gasteiger charge is 2.42. The van der Waals surface area contributed by atoms with Gasteiger partial charge in [-0.3, -0.25) is 4.79 Å². The van der Waals surface area contributed by atoms with E-state index in [0.29, 0.717) is 40.1 Å². The van der Waals surface area contributed by atoms with Crippen LogP contribution in [-0.2, 0) is 16.0 Å². The van der Waals surface area contributed by atoms with Crippen LogP contribution in [0.2, 0.25) is 10.0 Å². The van der Waals surface area contributed by atoms with Gasteiger partial charge in [-0.25, -0.2) is 9.78 Å². The minimum absolute atomic E-state index is 0.101. The standard InChI is InChI=1S/C18H18Cl2N2O4/c19-11-3-4-12(13(20)9-11)14-10-21-16(26-14)6-5-15(23)22-18(17(24)25)7-1-2-8-18/h3-4,9-10H,1-2,5-8H2,(H,22,23)(H,24,25). The minimum Gasteiger partial charge on any atom is -0.480 e. The Morgan fingerprint density at radius 1 is 1.27 bits per heavy atom. The van der Waals surface area contributed by atoms with Crippen LogP contribution in [-0.4, -0.2) is 27.5 Å². The van der Waals surface area contributed by atoms with Gasteiger partial charge in [0, 0.05) is 23.4 Å². The molecule has 1 saturated carbocycles. The van der Waals surface area contributed by atoms with Gasteiger partial charge in [-0.2, -0.15) is 0 Å². The number of aliphatic carboxylic acids is 1. The fraction of sp³-hybridized carbons (Fsp3) is 0.389. The average Bonchev–Trinajstić information content (AvgIpc) is 3.23. The van der Waals surface area contributed by atoms with Crippen LogP contribution in [0, 0.1) is 0 Å². The molecule has 3 rings (SSSR count). The SMILES string of the molecule is O=C(CCc1ncc(-c2ccc(Cl)cc2Cl)o1)NC1(C(=O)O)CCCC1. The van der Waals surface area contributed by atoms with Crippen LogP contribution in [0.25, 0.3) is 11.3 Å². The molecule has 1 aliphatic carbocycles. The first kappa shape index (κ1) is 18.7. The van der Waals surface area contributed by atoms with E-state index < -0.39 is 11.5 Å². The van der Waals surface area contributed by atoms with Crippen molar-refractivity contribution in [2.24, 2.45) is 0 Å². The van der Waals surface area contributed by atoms with Gasteiger partial charge in [0.1, 0.15) is 5.54 Å². The molecule has 0 saturated heterocycles. The van der Waals surface area contributed by atoms with E-state index in [9.17, 15) is 14.7 Å². The van der Waals surface area contributed by atoms with Crippen molar-refractivity contribution in [1.82, 2.24) is 10.3 Å². The van der Waals surface area contributed by atoms with E-state index in [2.05, 4.69) is 10.3 Å². The predicted molar refractivity (Wildman–Crippen MR) is 97.3 cm³/mol. The Labute approximate surface area is 160 Å². The summed E-state index contributed by atoms with van der Waals surface area (Å²) in [5.41, 5.74) is -0.467. The van der Waals surface area contributed by atoms with Crippen molar-refractivity contribution in [2.45, 2.75) is 44.1 Å². The van der Waals surface area contributed by atoms with E-state index in [1.165, 1.54) is 6.20 Å². The lowest BCUT2D eigenvalue weighted by Crippen LogP contribution is -2.52. The Hall–Kier alpha value is -2.05. The predicted octanol–water partition coefficient (Wildman–Crippen LogP) is 4.09. The molecule has 0 radical (unpaired) electrons. The molecule has 1 heterocycles. The molecule has 138 valence electrons. The van der Waals surface area contributed by atoms with Gasteiger partial charge in [0.25, 0.3) is 0 Å². The summed E-state index contributed by atoms with van der Waals surface area (Å²) in [5, 5.41) is 13.0. The molecule has 26 heavy (non-hydrogen) atoms. The van der Waals surface area contributed by atoms with E-state index >= 15 is 0 Å². The van der Waals surface area contributed by atoms with Crippen LogP contribution in [0.3, 0.4) is 0 Å². The first-order valence-electron chi connectivity index (χ1n) is 8.34. The van der Waals surface area contributed by atoms with Crippen molar-refractivity contribution in [2.75, 3.05) is 0 Å². The van der Waals surface area contributed by atoms with Gasteiger partial charge >= 0.3 is 5.97 Å². The molecule has 6 nitrogen and oxygen atoms in total. The minimum atomic E-state index is -1.13. The number of aromatic nitrogens is 1. The number of oxazole rings is 1. The van der Waals surface area contributed by atoms with Crippen LogP contribution < -0.4 is 5.32 Å². The number of carboxylic acids is 1. The van der Waals surface area contributed by atoms with E-state index in [0.717, 1.165) is 12.8 Å². The van der Waals surface area contributed by atoms with Crippen LogP contribution in [0.1, 0.15) is 38.0 Å². The van der Waals surface area contributed by atoms with Gasteiger partial charge in [-0.05, 0) is 31.0 Å². The van der Waals surface area contributed by atoms with Crippen molar-refractivity contribution >= 4 is 35.1 Å². The van der Waals surface area contributed by atoms with Crippen molar-refractivity contribution in [3.05, 3.63) is 40.3 Å². The smallest absolute Gasteiger partial charge is 0.329 e. The molecule has 0 spiro atoms. The zero-order chi connectivity index (χ0) is 18.7. The van der Waals surface area contributed by atoms with Crippen LogP contribution in [0.15, 0.2) is 28.8 Å². The summed E-state index contributed by atoms with van der Waals surface area (Å²) in [5.74, 6) is -0.422.